The summed E-state index contributed by atoms with van der Waals surface area (Å²) in [6, 6.07) is 8.01. The van der Waals surface area contributed by atoms with Crippen LogP contribution in [-0.2, 0) is 11.2 Å². The summed E-state index contributed by atoms with van der Waals surface area (Å²) >= 11 is 0. The maximum atomic E-state index is 11.3. The van der Waals surface area contributed by atoms with Crippen LogP contribution >= 0.6 is 0 Å². The van der Waals surface area contributed by atoms with Crippen LogP contribution in [0, 0.1) is 0 Å². The summed E-state index contributed by atoms with van der Waals surface area (Å²) in [5.41, 5.74) is 7.46. The van der Waals surface area contributed by atoms with Crippen molar-refractivity contribution < 1.29 is 9.53 Å². The molecule has 0 aliphatic rings. The molecule has 0 radical (unpaired) electrons. The van der Waals surface area contributed by atoms with Gasteiger partial charge in [0.1, 0.15) is 0 Å². The zero-order valence-electron chi connectivity index (χ0n) is 11.3. The highest BCUT2D eigenvalue weighted by Gasteiger charge is 2.07. The summed E-state index contributed by atoms with van der Waals surface area (Å²) < 4.78 is 4.66. The molecule has 1 aromatic carbocycles. The molecule has 0 amide bonds. The molecule has 0 bridgehead atoms. The van der Waals surface area contributed by atoms with Gasteiger partial charge in [-0.3, -0.25) is 0 Å². The molecule has 0 aromatic heterocycles. The maximum Gasteiger partial charge on any atom is 0.337 e. The van der Waals surface area contributed by atoms with Crippen LogP contribution in [0.3, 0.4) is 0 Å². The van der Waals surface area contributed by atoms with Crippen molar-refractivity contribution in [3.05, 3.63) is 35.4 Å². The lowest BCUT2D eigenvalue weighted by molar-refractivity contribution is 0.0600. The number of hydrogen-bond donors (Lipinski definition) is 2. The molecule has 0 heterocycles. The number of carbonyl (C=O) groups is 1. The molecule has 0 fully saturated rings. The summed E-state index contributed by atoms with van der Waals surface area (Å²) in [7, 11) is 1.39. The number of nitrogens with two attached hydrogens (primary N) is 1. The predicted octanol–water partition coefficient (Wildman–Crippen LogP) is 1.34. The smallest absolute Gasteiger partial charge is 0.337 e. The first-order chi connectivity index (χ1) is 8.52. The number of rotatable bonds is 6. The van der Waals surface area contributed by atoms with Crippen LogP contribution in [0.4, 0.5) is 0 Å². The monoisotopic (exact) mass is 250 g/mol. The fraction of sp³-hybridized carbons (Fsp3) is 0.500. The van der Waals surface area contributed by atoms with Crippen molar-refractivity contribution in [2.45, 2.75) is 32.4 Å². The van der Waals surface area contributed by atoms with Crippen LogP contribution in [0.2, 0.25) is 0 Å². The Kier molecular flexibility index (Phi) is 5.82. The van der Waals surface area contributed by atoms with Crippen molar-refractivity contribution in [1.29, 1.82) is 0 Å². The first-order valence-corrected chi connectivity index (χ1v) is 6.19. The molecule has 4 heteroatoms. The van der Waals surface area contributed by atoms with E-state index in [0.717, 1.165) is 13.0 Å². The van der Waals surface area contributed by atoms with Crippen molar-refractivity contribution >= 4 is 5.97 Å². The standard InChI is InChI=1S/C14H22N2O2/c1-10(15)9-16-11(2)8-12-4-6-13(7-5-12)14(17)18-3/h4-7,10-11,16H,8-9,15H2,1-3H3. The predicted molar refractivity (Wildman–Crippen MR) is 72.6 cm³/mol. The van der Waals surface area contributed by atoms with Crippen LogP contribution in [0.1, 0.15) is 29.8 Å². The number of nitrogens with one attached hydrogen (secondary N) is 1. The maximum absolute atomic E-state index is 11.3. The third-order valence-corrected chi connectivity index (χ3v) is 2.71. The van der Waals surface area contributed by atoms with Gasteiger partial charge >= 0.3 is 5.97 Å². The van der Waals surface area contributed by atoms with Gasteiger partial charge in [-0.05, 0) is 38.0 Å². The summed E-state index contributed by atoms with van der Waals surface area (Å²) in [6.07, 6.45) is 0.911. The summed E-state index contributed by atoms with van der Waals surface area (Å²) in [5, 5.41) is 3.36. The van der Waals surface area contributed by atoms with E-state index in [0.29, 0.717) is 11.6 Å². The SMILES string of the molecule is COC(=O)c1ccc(CC(C)NCC(C)N)cc1. The molecule has 0 aliphatic carbocycles. The highest BCUT2D eigenvalue weighted by atomic mass is 16.5. The molecule has 0 saturated heterocycles. The molecule has 0 aliphatic heterocycles. The van der Waals surface area contributed by atoms with E-state index >= 15 is 0 Å². The molecule has 100 valence electrons. The molecule has 3 N–H and O–H groups in total. The van der Waals surface area contributed by atoms with E-state index in [1.54, 1.807) is 12.1 Å². The van der Waals surface area contributed by atoms with Crippen LogP contribution < -0.4 is 11.1 Å². The van der Waals surface area contributed by atoms with Gasteiger partial charge < -0.3 is 15.8 Å². The van der Waals surface area contributed by atoms with Gasteiger partial charge in [-0.2, -0.15) is 0 Å². The van der Waals surface area contributed by atoms with Crippen LogP contribution in [0.15, 0.2) is 24.3 Å². The fourth-order valence-corrected chi connectivity index (χ4v) is 1.71. The van der Waals surface area contributed by atoms with E-state index in [1.807, 2.05) is 19.1 Å². The minimum Gasteiger partial charge on any atom is -0.465 e. The number of ether oxygens (including phenoxy) is 1. The van der Waals surface area contributed by atoms with E-state index in [-0.39, 0.29) is 12.0 Å². The lowest BCUT2D eigenvalue weighted by atomic mass is 10.0. The zero-order valence-corrected chi connectivity index (χ0v) is 11.3. The molecule has 1 rings (SSSR count). The second-order valence-electron chi connectivity index (χ2n) is 4.68. The number of esters is 1. The van der Waals surface area contributed by atoms with Gasteiger partial charge in [-0.1, -0.05) is 12.1 Å². The average molecular weight is 250 g/mol. The summed E-state index contributed by atoms with van der Waals surface area (Å²) in [4.78, 5) is 11.3. The van der Waals surface area contributed by atoms with E-state index in [1.165, 1.54) is 12.7 Å². The highest BCUT2D eigenvalue weighted by molar-refractivity contribution is 5.89. The molecule has 0 spiro atoms. The van der Waals surface area contributed by atoms with Gasteiger partial charge in [-0.25, -0.2) is 4.79 Å². The van der Waals surface area contributed by atoms with Crippen LogP contribution in [-0.4, -0.2) is 31.7 Å². The number of hydrogen-bond acceptors (Lipinski definition) is 4. The summed E-state index contributed by atoms with van der Waals surface area (Å²) in [6.45, 7) is 4.91. The topological polar surface area (TPSA) is 64.3 Å². The molecule has 0 saturated carbocycles. The summed E-state index contributed by atoms with van der Waals surface area (Å²) in [5.74, 6) is -0.301. The second-order valence-corrected chi connectivity index (χ2v) is 4.68. The molecule has 4 nitrogen and oxygen atoms in total. The largest absolute Gasteiger partial charge is 0.465 e. The van der Waals surface area contributed by atoms with Gasteiger partial charge in [0, 0.05) is 18.6 Å². The first-order valence-electron chi connectivity index (χ1n) is 6.19. The Morgan fingerprint density at radius 3 is 2.44 bits per heavy atom. The zero-order chi connectivity index (χ0) is 13.5. The Balaban J connectivity index is 2.50. The highest BCUT2D eigenvalue weighted by Crippen LogP contribution is 2.08. The van der Waals surface area contributed by atoms with E-state index in [9.17, 15) is 4.79 Å². The van der Waals surface area contributed by atoms with Crippen molar-refractivity contribution in [3.8, 4) is 0 Å². The Morgan fingerprint density at radius 2 is 1.94 bits per heavy atom. The van der Waals surface area contributed by atoms with Crippen molar-refractivity contribution in [2.24, 2.45) is 5.73 Å². The molecule has 18 heavy (non-hydrogen) atoms. The minimum atomic E-state index is -0.301. The van der Waals surface area contributed by atoms with Gasteiger partial charge in [-0.15, -0.1) is 0 Å². The first kappa shape index (κ1) is 14.7. The minimum absolute atomic E-state index is 0.161. The fourth-order valence-electron chi connectivity index (χ4n) is 1.71. The van der Waals surface area contributed by atoms with Crippen LogP contribution in [0.25, 0.3) is 0 Å². The van der Waals surface area contributed by atoms with Gasteiger partial charge in [0.05, 0.1) is 12.7 Å². The van der Waals surface area contributed by atoms with Gasteiger partial charge in [0.25, 0.3) is 0 Å². The van der Waals surface area contributed by atoms with E-state index in [4.69, 9.17) is 5.73 Å². The van der Waals surface area contributed by atoms with Gasteiger partial charge in [0.2, 0.25) is 0 Å². The second kappa shape index (κ2) is 7.13. The Labute approximate surface area is 109 Å². The van der Waals surface area contributed by atoms with Crippen LogP contribution in [0.5, 0.6) is 0 Å². The number of methoxy groups -OCH3 is 1. The number of benzene rings is 1. The Morgan fingerprint density at radius 1 is 1.33 bits per heavy atom. The van der Waals surface area contributed by atoms with Gasteiger partial charge in [0.15, 0.2) is 0 Å². The third-order valence-electron chi connectivity index (χ3n) is 2.71. The molecular formula is C14H22N2O2. The molecule has 2 unspecified atom stereocenters. The van der Waals surface area contributed by atoms with Crippen molar-refractivity contribution in [1.82, 2.24) is 5.32 Å². The Bertz CT molecular complexity index is 374. The number of carbonyl (C=O) groups excluding carboxylic acids is 1. The normalized spacial score (nSPS) is 14.0. The van der Waals surface area contributed by atoms with E-state index < -0.39 is 0 Å². The molecule has 1 aromatic rings. The molecule has 2 atom stereocenters. The third kappa shape index (κ3) is 4.85. The molecular weight excluding hydrogens is 228 g/mol. The lowest BCUT2D eigenvalue weighted by Crippen LogP contribution is -2.37. The average Bonchev–Trinajstić information content (AvgIpc) is 2.36. The lowest BCUT2D eigenvalue weighted by Gasteiger charge is -2.15. The quantitative estimate of drug-likeness (QED) is 0.748. The van der Waals surface area contributed by atoms with Crippen molar-refractivity contribution in [3.63, 3.8) is 0 Å². The van der Waals surface area contributed by atoms with E-state index in [2.05, 4.69) is 17.0 Å². The Hall–Kier alpha value is -1.39. The van der Waals surface area contributed by atoms with Crippen molar-refractivity contribution in [2.75, 3.05) is 13.7 Å².